The van der Waals surface area contributed by atoms with Crippen molar-refractivity contribution in [3.8, 4) is 22.6 Å². The average molecular weight is 258 g/mol. The number of benzene rings is 2. The molecule has 0 atom stereocenters. The maximum atomic E-state index is 11.5. The molecule has 2 aromatic rings. The van der Waals surface area contributed by atoms with E-state index in [9.17, 15) is 9.90 Å². The Balaban J connectivity index is 2.43. The average Bonchev–Trinajstić information content (AvgIpc) is 2.45. The maximum Gasteiger partial charge on any atom is 0.338 e. The molecule has 0 radical (unpaired) electrons. The standard InChI is InChI=1S/C15H14O4/c1-18-14-5-3-10(4-6-14)11-7-12(15(17)19-2)9-13(16)8-11/h3-9,16H,1-2H3. The number of esters is 1. The third kappa shape index (κ3) is 2.85. The second-order valence-corrected chi connectivity index (χ2v) is 3.99. The fourth-order valence-electron chi connectivity index (χ4n) is 1.80. The molecule has 0 bridgehead atoms. The molecule has 0 amide bonds. The maximum absolute atomic E-state index is 11.5. The summed E-state index contributed by atoms with van der Waals surface area (Å²) in [7, 11) is 2.90. The van der Waals surface area contributed by atoms with Gasteiger partial charge in [-0.3, -0.25) is 0 Å². The van der Waals surface area contributed by atoms with Gasteiger partial charge in [-0.15, -0.1) is 0 Å². The summed E-state index contributed by atoms with van der Waals surface area (Å²) in [5, 5.41) is 9.67. The van der Waals surface area contributed by atoms with Gasteiger partial charge in [0.25, 0.3) is 0 Å². The number of carbonyl (C=O) groups excluding carboxylic acids is 1. The predicted octanol–water partition coefficient (Wildman–Crippen LogP) is 2.85. The van der Waals surface area contributed by atoms with Gasteiger partial charge >= 0.3 is 5.97 Å². The zero-order valence-corrected chi connectivity index (χ0v) is 10.7. The highest BCUT2D eigenvalue weighted by molar-refractivity contribution is 5.91. The summed E-state index contributed by atoms with van der Waals surface area (Å²) in [5.41, 5.74) is 1.93. The van der Waals surface area contributed by atoms with Gasteiger partial charge in [0.1, 0.15) is 11.5 Å². The molecule has 0 heterocycles. The van der Waals surface area contributed by atoms with Crippen molar-refractivity contribution in [3.05, 3.63) is 48.0 Å². The number of carbonyl (C=O) groups is 1. The highest BCUT2D eigenvalue weighted by atomic mass is 16.5. The molecule has 4 heteroatoms. The molecule has 0 saturated carbocycles. The molecule has 19 heavy (non-hydrogen) atoms. The van der Waals surface area contributed by atoms with Crippen LogP contribution in [0.5, 0.6) is 11.5 Å². The van der Waals surface area contributed by atoms with E-state index in [1.807, 2.05) is 24.3 Å². The molecule has 0 unspecified atom stereocenters. The Hall–Kier alpha value is -2.49. The second kappa shape index (κ2) is 5.44. The van der Waals surface area contributed by atoms with Crippen molar-refractivity contribution in [3.63, 3.8) is 0 Å². The molecule has 0 aliphatic rings. The van der Waals surface area contributed by atoms with Crippen LogP contribution in [0.15, 0.2) is 42.5 Å². The second-order valence-electron chi connectivity index (χ2n) is 3.99. The van der Waals surface area contributed by atoms with E-state index in [0.29, 0.717) is 5.56 Å². The lowest BCUT2D eigenvalue weighted by Gasteiger charge is -2.07. The summed E-state index contributed by atoms with van der Waals surface area (Å²) in [4.78, 5) is 11.5. The van der Waals surface area contributed by atoms with Crippen LogP contribution in [-0.2, 0) is 4.74 Å². The van der Waals surface area contributed by atoms with Gasteiger partial charge in [0.15, 0.2) is 0 Å². The van der Waals surface area contributed by atoms with Crippen LogP contribution in [0.25, 0.3) is 11.1 Å². The summed E-state index contributed by atoms with van der Waals surface area (Å²) in [6.07, 6.45) is 0. The molecular weight excluding hydrogens is 244 g/mol. The van der Waals surface area contributed by atoms with Crippen molar-refractivity contribution >= 4 is 5.97 Å². The Labute approximate surface area is 111 Å². The van der Waals surface area contributed by atoms with Crippen molar-refractivity contribution in [2.45, 2.75) is 0 Å². The van der Waals surface area contributed by atoms with Crippen LogP contribution >= 0.6 is 0 Å². The van der Waals surface area contributed by atoms with Crippen LogP contribution in [0, 0.1) is 0 Å². The predicted molar refractivity (Wildman–Crippen MR) is 71.4 cm³/mol. The zero-order valence-electron chi connectivity index (χ0n) is 10.7. The van der Waals surface area contributed by atoms with Crippen LogP contribution in [0.3, 0.4) is 0 Å². The van der Waals surface area contributed by atoms with Gasteiger partial charge in [-0.1, -0.05) is 12.1 Å². The number of methoxy groups -OCH3 is 2. The fraction of sp³-hybridized carbons (Fsp3) is 0.133. The van der Waals surface area contributed by atoms with Crippen LogP contribution in [0.2, 0.25) is 0 Å². The zero-order chi connectivity index (χ0) is 13.8. The van der Waals surface area contributed by atoms with Gasteiger partial charge in [0.2, 0.25) is 0 Å². The lowest BCUT2D eigenvalue weighted by Crippen LogP contribution is -2.01. The normalized spacial score (nSPS) is 10.0. The molecule has 2 rings (SSSR count). The van der Waals surface area contributed by atoms with E-state index in [1.54, 1.807) is 19.2 Å². The molecule has 2 aromatic carbocycles. The van der Waals surface area contributed by atoms with Crippen LogP contribution < -0.4 is 4.74 Å². The quantitative estimate of drug-likeness (QED) is 0.860. The monoisotopic (exact) mass is 258 g/mol. The third-order valence-electron chi connectivity index (χ3n) is 2.76. The highest BCUT2D eigenvalue weighted by Crippen LogP contribution is 2.27. The molecule has 1 N–H and O–H groups in total. The molecule has 0 spiro atoms. The van der Waals surface area contributed by atoms with Crippen molar-refractivity contribution < 1.29 is 19.4 Å². The minimum Gasteiger partial charge on any atom is -0.508 e. The Bertz CT molecular complexity index is 588. The van der Waals surface area contributed by atoms with E-state index in [2.05, 4.69) is 4.74 Å². The van der Waals surface area contributed by atoms with Gasteiger partial charge in [-0.25, -0.2) is 4.79 Å². The van der Waals surface area contributed by atoms with E-state index in [4.69, 9.17) is 4.74 Å². The van der Waals surface area contributed by atoms with Crippen LogP contribution in [0.4, 0.5) is 0 Å². The van der Waals surface area contributed by atoms with E-state index in [1.165, 1.54) is 13.2 Å². The molecule has 0 saturated heterocycles. The fourth-order valence-corrected chi connectivity index (χ4v) is 1.80. The van der Waals surface area contributed by atoms with Crippen molar-refractivity contribution in [2.75, 3.05) is 14.2 Å². The summed E-state index contributed by atoms with van der Waals surface area (Å²) in [6.45, 7) is 0. The van der Waals surface area contributed by atoms with Gasteiger partial charge < -0.3 is 14.6 Å². The first-order valence-corrected chi connectivity index (χ1v) is 5.71. The van der Waals surface area contributed by atoms with Crippen molar-refractivity contribution in [1.29, 1.82) is 0 Å². The smallest absolute Gasteiger partial charge is 0.338 e. The first kappa shape index (κ1) is 13.0. The summed E-state index contributed by atoms with van der Waals surface area (Å²) < 4.78 is 9.73. The minimum atomic E-state index is -0.481. The Morgan fingerprint density at radius 2 is 1.68 bits per heavy atom. The SMILES string of the molecule is COC(=O)c1cc(O)cc(-c2ccc(OC)cc2)c1. The lowest BCUT2D eigenvalue weighted by atomic mass is 10.0. The molecule has 0 aromatic heterocycles. The first-order chi connectivity index (χ1) is 9.13. The summed E-state index contributed by atoms with van der Waals surface area (Å²) in [6, 6.07) is 12.0. The van der Waals surface area contributed by atoms with E-state index >= 15 is 0 Å². The van der Waals surface area contributed by atoms with Crippen molar-refractivity contribution in [1.82, 2.24) is 0 Å². The molecular formula is C15H14O4. The number of aromatic hydroxyl groups is 1. The third-order valence-corrected chi connectivity index (χ3v) is 2.76. The molecule has 0 aliphatic heterocycles. The number of hydrogen-bond donors (Lipinski definition) is 1. The summed E-state index contributed by atoms with van der Waals surface area (Å²) in [5.74, 6) is 0.288. The number of phenolic OH excluding ortho intramolecular Hbond substituents is 1. The largest absolute Gasteiger partial charge is 0.508 e. The van der Waals surface area contributed by atoms with Crippen molar-refractivity contribution in [2.24, 2.45) is 0 Å². The van der Waals surface area contributed by atoms with Gasteiger partial charge in [-0.2, -0.15) is 0 Å². The molecule has 98 valence electrons. The van der Waals surface area contributed by atoms with Crippen LogP contribution in [0.1, 0.15) is 10.4 Å². The van der Waals surface area contributed by atoms with Gasteiger partial charge in [0, 0.05) is 0 Å². The number of ether oxygens (including phenoxy) is 2. The number of hydrogen-bond acceptors (Lipinski definition) is 4. The van der Waals surface area contributed by atoms with Gasteiger partial charge in [0.05, 0.1) is 19.8 Å². The number of rotatable bonds is 3. The van der Waals surface area contributed by atoms with Gasteiger partial charge in [-0.05, 0) is 41.5 Å². The molecule has 0 fully saturated rings. The van der Waals surface area contributed by atoms with Crippen LogP contribution in [-0.4, -0.2) is 25.3 Å². The lowest BCUT2D eigenvalue weighted by molar-refractivity contribution is 0.0600. The van der Waals surface area contributed by atoms with E-state index in [-0.39, 0.29) is 5.75 Å². The number of phenols is 1. The van der Waals surface area contributed by atoms with E-state index in [0.717, 1.165) is 16.9 Å². The Kier molecular flexibility index (Phi) is 3.71. The molecule has 4 nitrogen and oxygen atoms in total. The summed E-state index contributed by atoms with van der Waals surface area (Å²) >= 11 is 0. The topological polar surface area (TPSA) is 55.8 Å². The van der Waals surface area contributed by atoms with E-state index < -0.39 is 5.97 Å². The highest BCUT2D eigenvalue weighted by Gasteiger charge is 2.09. The Morgan fingerprint density at radius 3 is 2.26 bits per heavy atom. The minimum absolute atomic E-state index is 0.0220. The first-order valence-electron chi connectivity index (χ1n) is 5.71. The molecule has 0 aliphatic carbocycles. The Morgan fingerprint density at radius 1 is 1.00 bits per heavy atom.